The van der Waals surface area contributed by atoms with E-state index in [0.29, 0.717) is 12.4 Å². The van der Waals surface area contributed by atoms with Crippen molar-refractivity contribution in [2.24, 2.45) is 0 Å². The Labute approximate surface area is 148 Å². The quantitative estimate of drug-likeness (QED) is 0.486. The average molecular weight is 428 g/mol. The van der Waals surface area contributed by atoms with Crippen molar-refractivity contribution in [2.45, 2.75) is 20.5 Å². The summed E-state index contributed by atoms with van der Waals surface area (Å²) in [5.41, 5.74) is 3.17. The lowest BCUT2D eigenvalue weighted by Crippen LogP contribution is -2.06. The third-order valence-corrected chi connectivity index (χ3v) is 4.57. The van der Waals surface area contributed by atoms with Gasteiger partial charge in [-0.05, 0) is 78.2 Å². The Hall–Kier alpha value is -1.21. The molecule has 0 atom stereocenters. The molecule has 0 unspecified atom stereocenters. The van der Waals surface area contributed by atoms with Gasteiger partial charge >= 0.3 is 5.30 Å². The minimum Gasteiger partial charge on any atom is -0.488 e. The van der Waals surface area contributed by atoms with Crippen LogP contribution < -0.4 is 9.47 Å². The molecule has 0 bridgehead atoms. The average Bonchev–Trinajstić information content (AvgIpc) is 2.48. The lowest BCUT2D eigenvalue weighted by Gasteiger charge is -2.14. The van der Waals surface area contributed by atoms with E-state index in [1.165, 1.54) is 5.56 Å². The van der Waals surface area contributed by atoms with Crippen LogP contribution in [0, 0.1) is 17.4 Å². The normalized spacial score (nSPS) is 10.4. The first-order valence-corrected chi connectivity index (χ1v) is 9.05. The monoisotopic (exact) mass is 428 g/mol. The van der Waals surface area contributed by atoms with Crippen LogP contribution in [-0.4, -0.2) is 11.6 Å². The summed E-state index contributed by atoms with van der Waals surface area (Å²) in [6.45, 7) is 4.43. The molecule has 3 nitrogen and oxygen atoms in total. The van der Waals surface area contributed by atoms with Gasteiger partial charge in [0.05, 0.1) is 0 Å². The number of thioether (sulfide) groups is 1. The molecular weight excluding hydrogens is 411 g/mol. The maximum Gasteiger partial charge on any atom is 0.372 e. The SMILES string of the molecule is CSC(=O)Oc1cccc(I)c1COc1ccc(C)cc1C. The van der Waals surface area contributed by atoms with Crippen molar-refractivity contribution in [1.29, 1.82) is 0 Å². The topological polar surface area (TPSA) is 35.5 Å². The summed E-state index contributed by atoms with van der Waals surface area (Å²) in [5, 5.41) is -0.324. The molecular formula is C17H17IO3S. The molecule has 0 N–H and O–H groups in total. The van der Waals surface area contributed by atoms with Gasteiger partial charge in [0, 0.05) is 9.13 Å². The largest absolute Gasteiger partial charge is 0.488 e. The summed E-state index contributed by atoms with van der Waals surface area (Å²) in [4.78, 5) is 11.5. The van der Waals surface area contributed by atoms with Crippen molar-refractivity contribution in [1.82, 2.24) is 0 Å². The van der Waals surface area contributed by atoms with Crippen molar-refractivity contribution in [3.05, 3.63) is 56.7 Å². The molecule has 0 aliphatic carbocycles. The van der Waals surface area contributed by atoms with Crippen LogP contribution in [-0.2, 0) is 6.61 Å². The van der Waals surface area contributed by atoms with Crippen LogP contribution in [0.2, 0.25) is 0 Å². The number of hydrogen-bond acceptors (Lipinski definition) is 4. The summed E-state index contributed by atoms with van der Waals surface area (Å²) < 4.78 is 12.3. The van der Waals surface area contributed by atoms with Crippen molar-refractivity contribution < 1.29 is 14.3 Å². The predicted octanol–water partition coefficient (Wildman–Crippen LogP) is 5.35. The van der Waals surface area contributed by atoms with E-state index in [4.69, 9.17) is 9.47 Å². The minimum absolute atomic E-state index is 0.324. The highest BCUT2D eigenvalue weighted by Crippen LogP contribution is 2.28. The van der Waals surface area contributed by atoms with Gasteiger partial charge < -0.3 is 9.47 Å². The summed E-state index contributed by atoms with van der Waals surface area (Å²) in [7, 11) is 0. The zero-order valence-corrected chi connectivity index (χ0v) is 15.7. The van der Waals surface area contributed by atoms with E-state index in [1.54, 1.807) is 12.3 Å². The molecule has 0 heterocycles. The van der Waals surface area contributed by atoms with Crippen LogP contribution in [0.4, 0.5) is 4.79 Å². The number of aryl methyl sites for hydroxylation is 2. The lowest BCUT2D eigenvalue weighted by molar-refractivity contribution is 0.225. The first-order valence-electron chi connectivity index (χ1n) is 6.74. The van der Waals surface area contributed by atoms with E-state index < -0.39 is 0 Å². The van der Waals surface area contributed by atoms with Crippen LogP contribution in [0.1, 0.15) is 16.7 Å². The second-order valence-corrected chi connectivity index (χ2v) is 6.73. The molecule has 5 heteroatoms. The number of halogens is 1. The highest BCUT2D eigenvalue weighted by Gasteiger charge is 2.12. The van der Waals surface area contributed by atoms with Gasteiger partial charge in [-0.25, -0.2) is 4.79 Å². The van der Waals surface area contributed by atoms with Gasteiger partial charge in [-0.3, -0.25) is 0 Å². The summed E-state index contributed by atoms with van der Waals surface area (Å²) in [6, 6.07) is 11.7. The van der Waals surface area contributed by atoms with E-state index in [-0.39, 0.29) is 5.30 Å². The number of carbonyl (C=O) groups is 1. The van der Waals surface area contributed by atoms with E-state index >= 15 is 0 Å². The van der Waals surface area contributed by atoms with Gasteiger partial charge in [-0.1, -0.05) is 23.8 Å². The molecule has 2 aromatic rings. The fourth-order valence-electron chi connectivity index (χ4n) is 2.02. The molecule has 0 saturated carbocycles. The summed E-state index contributed by atoms with van der Waals surface area (Å²) >= 11 is 3.27. The maximum absolute atomic E-state index is 11.5. The molecule has 0 amide bonds. The number of benzene rings is 2. The Morgan fingerprint density at radius 3 is 2.64 bits per heavy atom. The highest BCUT2D eigenvalue weighted by molar-refractivity contribution is 14.1. The molecule has 0 aliphatic heterocycles. The molecule has 0 aromatic heterocycles. The van der Waals surface area contributed by atoms with E-state index in [1.807, 2.05) is 31.2 Å². The predicted molar refractivity (Wildman–Crippen MR) is 98.9 cm³/mol. The lowest BCUT2D eigenvalue weighted by atomic mass is 10.1. The van der Waals surface area contributed by atoms with Crippen molar-refractivity contribution in [2.75, 3.05) is 6.26 Å². The van der Waals surface area contributed by atoms with Gasteiger partial charge in [0.15, 0.2) is 0 Å². The number of carbonyl (C=O) groups excluding carboxylic acids is 1. The Morgan fingerprint density at radius 1 is 1.18 bits per heavy atom. The second-order valence-electron chi connectivity index (χ2n) is 4.83. The fraction of sp³-hybridized carbons (Fsp3) is 0.235. The van der Waals surface area contributed by atoms with Crippen LogP contribution in [0.25, 0.3) is 0 Å². The van der Waals surface area contributed by atoms with Gasteiger partial charge in [0.1, 0.15) is 18.1 Å². The van der Waals surface area contributed by atoms with Crippen molar-refractivity contribution in [3.8, 4) is 11.5 Å². The minimum atomic E-state index is -0.324. The number of ether oxygens (including phenoxy) is 2. The number of rotatable bonds is 4. The van der Waals surface area contributed by atoms with Gasteiger partial charge in [0.25, 0.3) is 0 Å². The first-order chi connectivity index (χ1) is 10.5. The Morgan fingerprint density at radius 2 is 1.95 bits per heavy atom. The Bertz CT molecular complexity index is 686. The van der Waals surface area contributed by atoms with Gasteiger partial charge in [0.2, 0.25) is 0 Å². The molecule has 0 aliphatic rings. The first kappa shape index (κ1) is 17.1. The zero-order valence-electron chi connectivity index (χ0n) is 12.7. The molecule has 22 heavy (non-hydrogen) atoms. The van der Waals surface area contributed by atoms with Crippen LogP contribution in [0.3, 0.4) is 0 Å². The number of hydrogen-bond donors (Lipinski definition) is 0. The second kappa shape index (κ2) is 7.87. The third-order valence-electron chi connectivity index (χ3n) is 3.14. The molecule has 2 aromatic carbocycles. The molecule has 0 radical (unpaired) electrons. The Kier molecular flexibility index (Phi) is 6.14. The van der Waals surface area contributed by atoms with E-state index in [2.05, 4.69) is 35.6 Å². The summed E-state index contributed by atoms with van der Waals surface area (Å²) in [5.74, 6) is 1.39. The van der Waals surface area contributed by atoms with E-state index in [0.717, 1.165) is 32.2 Å². The highest BCUT2D eigenvalue weighted by atomic mass is 127. The third kappa shape index (κ3) is 4.39. The van der Waals surface area contributed by atoms with Crippen LogP contribution in [0.5, 0.6) is 11.5 Å². The molecule has 0 fully saturated rings. The molecule has 2 rings (SSSR count). The van der Waals surface area contributed by atoms with Crippen molar-refractivity contribution >= 4 is 39.7 Å². The standard InChI is InChI=1S/C17H17IO3S/c1-11-7-8-15(12(2)9-11)20-10-13-14(18)5-4-6-16(13)21-17(19)22-3/h4-9H,10H2,1-3H3. The Balaban J connectivity index is 2.19. The van der Waals surface area contributed by atoms with Crippen molar-refractivity contribution in [3.63, 3.8) is 0 Å². The van der Waals surface area contributed by atoms with Crippen LogP contribution >= 0.6 is 34.4 Å². The molecule has 0 saturated heterocycles. The fourth-order valence-corrected chi connectivity index (χ4v) is 2.82. The van der Waals surface area contributed by atoms with Crippen LogP contribution in [0.15, 0.2) is 36.4 Å². The summed E-state index contributed by atoms with van der Waals surface area (Å²) in [6.07, 6.45) is 1.70. The smallest absolute Gasteiger partial charge is 0.372 e. The van der Waals surface area contributed by atoms with E-state index in [9.17, 15) is 4.79 Å². The zero-order chi connectivity index (χ0) is 16.1. The van der Waals surface area contributed by atoms with Gasteiger partial charge in [-0.15, -0.1) is 0 Å². The maximum atomic E-state index is 11.5. The van der Waals surface area contributed by atoms with Gasteiger partial charge in [-0.2, -0.15) is 0 Å². The molecule has 0 spiro atoms. The molecule has 116 valence electrons.